The summed E-state index contributed by atoms with van der Waals surface area (Å²) in [5, 5.41) is 12.4. The van der Waals surface area contributed by atoms with Crippen molar-refractivity contribution in [3.05, 3.63) is 62.1 Å². The maximum atomic E-state index is 12.6. The van der Waals surface area contributed by atoms with Crippen LogP contribution in [0.2, 0.25) is 10.0 Å². The summed E-state index contributed by atoms with van der Waals surface area (Å²) in [6, 6.07) is 6.78. The maximum Gasteiger partial charge on any atom is 0.292 e. The standard InChI is InChI=1S/C18H19Cl2N5O2/c1-4-14-13(18(27-3)24(2)23-14)9-21-15-10-22-25(17(26)16(15)20)12-7-5-11(19)6-8-12/h5-8,10,21H,4,9H2,1-3H3. The van der Waals surface area contributed by atoms with E-state index in [9.17, 15) is 4.79 Å². The second kappa shape index (κ2) is 8.02. The van der Waals surface area contributed by atoms with Crippen LogP contribution in [0.25, 0.3) is 5.69 Å². The van der Waals surface area contributed by atoms with E-state index in [0.29, 0.717) is 28.8 Å². The number of nitrogens with one attached hydrogen (secondary N) is 1. The minimum absolute atomic E-state index is 0.0563. The zero-order valence-electron chi connectivity index (χ0n) is 15.2. The van der Waals surface area contributed by atoms with E-state index in [1.807, 2.05) is 14.0 Å². The van der Waals surface area contributed by atoms with Crippen LogP contribution < -0.4 is 15.6 Å². The third-order valence-electron chi connectivity index (χ3n) is 4.15. The average molecular weight is 408 g/mol. The van der Waals surface area contributed by atoms with Crippen LogP contribution in [-0.4, -0.2) is 26.7 Å². The molecular weight excluding hydrogens is 389 g/mol. The Morgan fingerprint density at radius 3 is 2.56 bits per heavy atom. The van der Waals surface area contributed by atoms with Crippen molar-refractivity contribution in [2.45, 2.75) is 19.9 Å². The van der Waals surface area contributed by atoms with Crippen LogP contribution in [0.5, 0.6) is 5.88 Å². The van der Waals surface area contributed by atoms with Crippen molar-refractivity contribution in [3.63, 3.8) is 0 Å². The highest BCUT2D eigenvalue weighted by atomic mass is 35.5. The molecule has 7 nitrogen and oxygen atoms in total. The summed E-state index contributed by atoms with van der Waals surface area (Å²) in [7, 11) is 3.42. The Morgan fingerprint density at radius 1 is 1.22 bits per heavy atom. The summed E-state index contributed by atoms with van der Waals surface area (Å²) < 4.78 is 8.34. The predicted octanol–water partition coefficient (Wildman–Crippen LogP) is 3.46. The first-order valence-electron chi connectivity index (χ1n) is 8.32. The average Bonchev–Trinajstić information content (AvgIpc) is 2.98. The second-order valence-corrected chi connectivity index (χ2v) is 6.65. The molecular formula is C18H19Cl2N5O2. The number of hydrogen-bond acceptors (Lipinski definition) is 5. The lowest BCUT2D eigenvalue weighted by Gasteiger charge is -2.11. The van der Waals surface area contributed by atoms with E-state index in [2.05, 4.69) is 15.5 Å². The van der Waals surface area contributed by atoms with Crippen LogP contribution in [0.4, 0.5) is 5.69 Å². The highest BCUT2D eigenvalue weighted by molar-refractivity contribution is 6.33. The van der Waals surface area contributed by atoms with Gasteiger partial charge in [0, 0.05) is 18.6 Å². The molecule has 0 fully saturated rings. The van der Waals surface area contributed by atoms with Crippen LogP contribution >= 0.6 is 23.2 Å². The van der Waals surface area contributed by atoms with Crippen LogP contribution in [-0.2, 0) is 20.0 Å². The van der Waals surface area contributed by atoms with Gasteiger partial charge >= 0.3 is 0 Å². The normalized spacial score (nSPS) is 10.9. The lowest BCUT2D eigenvalue weighted by Crippen LogP contribution is -2.22. The summed E-state index contributed by atoms with van der Waals surface area (Å²) in [6.07, 6.45) is 2.28. The van der Waals surface area contributed by atoms with Gasteiger partial charge in [0.05, 0.1) is 35.9 Å². The number of halogens is 2. The zero-order chi connectivity index (χ0) is 19.6. The predicted molar refractivity (Wildman–Crippen MR) is 106 cm³/mol. The number of rotatable bonds is 6. The Hall–Kier alpha value is -2.51. The van der Waals surface area contributed by atoms with Gasteiger partial charge in [-0.1, -0.05) is 30.1 Å². The molecule has 27 heavy (non-hydrogen) atoms. The molecule has 0 radical (unpaired) electrons. The highest BCUT2D eigenvalue weighted by Gasteiger charge is 2.17. The first-order chi connectivity index (χ1) is 13.0. The van der Waals surface area contributed by atoms with Gasteiger partial charge in [-0.25, -0.2) is 4.68 Å². The molecule has 142 valence electrons. The molecule has 0 unspecified atom stereocenters. The molecule has 1 N–H and O–H groups in total. The first kappa shape index (κ1) is 19.3. The lowest BCUT2D eigenvalue weighted by atomic mass is 10.2. The molecule has 0 atom stereocenters. The largest absolute Gasteiger partial charge is 0.481 e. The summed E-state index contributed by atoms with van der Waals surface area (Å²) in [4.78, 5) is 12.6. The number of ether oxygens (including phenoxy) is 1. The number of aromatic nitrogens is 4. The third kappa shape index (κ3) is 3.79. The Bertz CT molecular complexity index is 1010. The molecule has 2 aromatic heterocycles. The van der Waals surface area contributed by atoms with Crippen molar-refractivity contribution >= 4 is 28.9 Å². The van der Waals surface area contributed by atoms with E-state index >= 15 is 0 Å². The van der Waals surface area contributed by atoms with Crippen molar-refractivity contribution in [1.82, 2.24) is 19.6 Å². The van der Waals surface area contributed by atoms with E-state index in [0.717, 1.165) is 17.7 Å². The number of benzene rings is 1. The minimum atomic E-state index is -0.419. The van der Waals surface area contributed by atoms with Gasteiger partial charge in [0.1, 0.15) is 5.02 Å². The molecule has 0 aliphatic carbocycles. The molecule has 0 saturated carbocycles. The van der Waals surface area contributed by atoms with Gasteiger partial charge in [-0.15, -0.1) is 0 Å². The molecule has 9 heteroatoms. The number of aryl methyl sites for hydroxylation is 2. The molecule has 2 heterocycles. The van der Waals surface area contributed by atoms with Gasteiger partial charge in [0.25, 0.3) is 5.56 Å². The van der Waals surface area contributed by atoms with Crippen LogP contribution in [0, 0.1) is 0 Å². The summed E-state index contributed by atoms with van der Waals surface area (Å²) in [5.41, 5.74) is 2.44. The number of methoxy groups -OCH3 is 1. The topological polar surface area (TPSA) is 74.0 Å². The van der Waals surface area contributed by atoms with Crippen molar-refractivity contribution < 1.29 is 4.74 Å². The van der Waals surface area contributed by atoms with Crippen molar-refractivity contribution in [3.8, 4) is 11.6 Å². The van der Waals surface area contributed by atoms with Crippen LogP contribution in [0.15, 0.2) is 35.3 Å². The number of nitrogens with zero attached hydrogens (tertiary/aromatic N) is 4. The lowest BCUT2D eigenvalue weighted by molar-refractivity contribution is 0.370. The smallest absolute Gasteiger partial charge is 0.292 e. The fourth-order valence-electron chi connectivity index (χ4n) is 2.83. The first-order valence-corrected chi connectivity index (χ1v) is 9.08. The SMILES string of the molecule is CCc1nn(C)c(OC)c1CNc1cnn(-c2ccc(Cl)cc2)c(=O)c1Cl. The summed E-state index contributed by atoms with van der Waals surface area (Å²) >= 11 is 12.2. The summed E-state index contributed by atoms with van der Waals surface area (Å²) in [6.45, 7) is 2.43. The Labute approximate surface area is 166 Å². The summed E-state index contributed by atoms with van der Waals surface area (Å²) in [5.74, 6) is 0.665. The van der Waals surface area contributed by atoms with E-state index in [1.54, 1.807) is 36.1 Å². The number of anilines is 1. The molecule has 0 aliphatic rings. The van der Waals surface area contributed by atoms with Gasteiger partial charge in [-0.05, 0) is 30.7 Å². The van der Waals surface area contributed by atoms with Crippen molar-refractivity contribution in [1.29, 1.82) is 0 Å². The molecule has 0 bridgehead atoms. The minimum Gasteiger partial charge on any atom is -0.481 e. The molecule has 0 spiro atoms. The fraction of sp³-hybridized carbons (Fsp3) is 0.278. The zero-order valence-corrected chi connectivity index (χ0v) is 16.7. The Morgan fingerprint density at radius 2 is 1.93 bits per heavy atom. The van der Waals surface area contributed by atoms with E-state index in [1.165, 1.54) is 10.9 Å². The van der Waals surface area contributed by atoms with Crippen molar-refractivity contribution in [2.24, 2.45) is 7.05 Å². The fourth-order valence-corrected chi connectivity index (χ4v) is 3.15. The van der Waals surface area contributed by atoms with Gasteiger partial charge in [-0.3, -0.25) is 4.79 Å². The molecule has 0 saturated heterocycles. The molecule has 3 rings (SSSR count). The molecule has 0 amide bonds. The van der Waals surface area contributed by atoms with Crippen LogP contribution in [0.3, 0.4) is 0 Å². The Kier molecular flexibility index (Phi) is 5.72. The number of hydrogen-bond donors (Lipinski definition) is 1. The van der Waals surface area contributed by atoms with E-state index < -0.39 is 5.56 Å². The van der Waals surface area contributed by atoms with Gasteiger partial charge in [-0.2, -0.15) is 14.9 Å². The highest BCUT2D eigenvalue weighted by Crippen LogP contribution is 2.25. The molecule has 1 aromatic carbocycles. The van der Waals surface area contributed by atoms with E-state index in [-0.39, 0.29) is 5.02 Å². The van der Waals surface area contributed by atoms with Gasteiger partial charge < -0.3 is 10.1 Å². The maximum absolute atomic E-state index is 12.6. The van der Waals surface area contributed by atoms with Crippen LogP contribution in [0.1, 0.15) is 18.2 Å². The quantitative estimate of drug-likeness (QED) is 0.676. The monoisotopic (exact) mass is 407 g/mol. The second-order valence-electron chi connectivity index (χ2n) is 5.83. The Balaban J connectivity index is 1.88. The van der Waals surface area contributed by atoms with Crippen molar-refractivity contribution in [2.75, 3.05) is 12.4 Å². The van der Waals surface area contributed by atoms with Gasteiger partial charge in [0.15, 0.2) is 0 Å². The van der Waals surface area contributed by atoms with E-state index in [4.69, 9.17) is 27.9 Å². The molecule has 3 aromatic rings. The van der Waals surface area contributed by atoms with Gasteiger partial charge in [0.2, 0.25) is 5.88 Å². The third-order valence-corrected chi connectivity index (χ3v) is 4.76. The molecule has 0 aliphatic heterocycles.